The summed E-state index contributed by atoms with van der Waals surface area (Å²) in [4.78, 5) is 4.14. The fourth-order valence-electron chi connectivity index (χ4n) is 1.17. The van der Waals surface area contributed by atoms with Gasteiger partial charge in [0.25, 0.3) is 0 Å². The summed E-state index contributed by atoms with van der Waals surface area (Å²) >= 11 is 0. The summed E-state index contributed by atoms with van der Waals surface area (Å²) in [6, 6.07) is 6.73. The summed E-state index contributed by atoms with van der Waals surface area (Å²) in [5.74, 6) is 0.663. The zero-order chi connectivity index (χ0) is 9.97. The van der Waals surface area contributed by atoms with Gasteiger partial charge in [0.15, 0.2) is 0 Å². The van der Waals surface area contributed by atoms with Crippen LogP contribution in [0.2, 0.25) is 0 Å². The Morgan fingerprint density at radius 3 is 2.93 bits per heavy atom. The Kier molecular flexibility index (Phi) is 2.20. The molecule has 0 bridgehead atoms. The molecule has 0 aliphatic carbocycles. The first-order chi connectivity index (χ1) is 6.79. The van der Waals surface area contributed by atoms with Crippen LogP contribution in [0.5, 0.6) is 5.75 Å². The first-order valence-corrected chi connectivity index (χ1v) is 4.23. The summed E-state index contributed by atoms with van der Waals surface area (Å²) in [6.07, 6.45) is 1.51. The number of nitrogens with two attached hydrogens (primary N) is 1. The van der Waals surface area contributed by atoms with Crippen LogP contribution in [0.4, 0.5) is 0 Å². The molecule has 2 aromatic rings. The van der Waals surface area contributed by atoms with E-state index in [2.05, 4.69) is 4.98 Å². The maximum absolute atomic E-state index is 9.24. The smallest absolute Gasteiger partial charge is 0.226 e. The van der Waals surface area contributed by atoms with Crippen LogP contribution in [0.25, 0.3) is 11.5 Å². The number of hydrogen-bond acceptors (Lipinski definition) is 4. The van der Waals surface area contributed by atoms with E-state index in [0.717, 1.165) is 5.56 Å². The third-order valence-electron chi connectivity index (χ3n) is 1.85. The lowest BCUT2D eigenvalue weighted by molar-refractivity contribution is 0.475. The summed E-state index contributed by atoms with van der Waals surface area (Å²) in [7, 11) is 0. The molecule has 1 heterocycles. The summed E-state index contributed by atoms with van der Waals surface area (Å²) in [5.41, 5.74) is 6.84. The van der Waals surface area contributed by atoms with Crippen molar-refractivity contribution in [2.75, 3.05) is 0 Å². The van der Waals surface area contributed by atoms with Crippen molar-refractivity contribution < 1.29 is 9.52 Å². The molecule has 0 fully saturated rings. The van der Waals surface area contributed by atoms with Crippen LogP contribution < -0.4 is 5.73 Å². The average Bonchev–Trinajstić information content (AvgIpc) is 2.66. The third-order valence-corrected chi connectivity index (χ3v) is 1.85. The molecule has 0 saturated heterocycles. The molecule has 4 nitrogen and oxygen atoms in total. The lowest BCUT2D eigenvalue weighted by atomic mass is 10.2. The molecule has 1 aromatic heterocycles. The van der Waals surface area contributed by atoms with Crippen LogP contribution in [0.3, 0.4) is 0 Å². The normalized spacial score (nSPS) is 10.4. The molecule has 0 saturated carbocycles. The predicted octanol–water partition coefficient (Wildman–Crippen LogP) is 1.51. The van der Waals surface area contributed by atoms with Crippen LogP contribution in [0.15, 0.2) is 34.9 Å². The maximum atomic E-state index is 9.24. The number of phenols is 1. The highest BCUT2D eigenvalue weighted by molar-refractivity contribution is 5.55. The lowest BCUT2D eigenvalue weighted by Gasteiger charge is -1.95. The van der Waals surface area contributed by atoms with E-state index in [1.165, 1.54) is 6.26 Å². The van der Waals surface area contributed by atoms with Gasteiger partial charge in [0.2, 0.25) is 5.89 Å². The van der Waals surface area contributed by atoms with Crippen molar-refractivity contribution in [3.63, 3.8) is 0 Å². The summed E-state index contributed by atoms with van der Waals surface area (Å²) in [6.45, 7) is 0.350. The molecule has 0 amide bonds. The highest BCUT2D eigenvalue weighted by atomic mass is 16.3. The average molecular weight is 190 g/mol. The number of aromatic nitrogens is 1. The van der Waals surface area contributed by atoms with E-state index in [1.807, 2.05) is 6.07 Å². The lowest BCUT2D eigenvalue weighted by Crippen LogP contribution is -1.95. The van der Waals surface area contributed by atoms with E-state index in [-0.39, 0.29) is 5.75 Å². The molecule has 0 aliphatic heterocycles. The largest absolute Gasteiger partial charge is 0.508 e. The third kappa shape index (κ3) is 1.60. The van der Waals surface area contributed by atoms with Crippen molar-refractivity contribution in [2.24, 2.45) is 5.73 Å². The number of oxazole rings is 1. The molecule has 0 spiro atoms. The number of rotatable bonds is 2. The zero-order valence-corrected chi connectivity index (χ0v) is 7.47. The predicted molar refractivity (Wildman–Crippen MR) is 51.5 cm³/mol. The molecule has 0 radical (unpaired) electrons. The van der Waals surface area contributed by atoms with E-state index >= 15 is 0 Å². The first-order valence-electron chi connectivity index (χ1n) is 4.23. The topological polar surface area (TPSA) is 72.3 Å². The van der Waals surface area contributed by atoms with Crippen LogP contribution in [0.1, 0.15) is 5.69 Å². The fourth-order valence-corrected chi connectivity index (χ4v) is 1.17. The van der Waals surface area contributed by atoms with Crippen molar-refractivity contribution >= 4 is 0 Å². The highest BCUT2D eigenvalue weighted by Gasteiger charge is 2.05. The van der Waals surface area contributed by atoms with Crippen LogP contribution in [0, 0.1) is 0 Å². The summed E-state index contributed by atoms with van der Waals surface area (Å²) in [5, 5.41) is 9.24. The van der Waals surface area contributed by atoms with Crippen molar-refractivity contribution in [3.8, 4) is 17.2 Å². The monoisotopic (exact) mass is 190 g/mol. The summed E-state index contributed by atoms with van der Waals surface area (Å²) < 4.78 is 5.19. The van der Waals surface area contributed by atoms with Crippen molar-refractivity contribution in [1.82, 2.24) is 4.98 Å². The molecule has 0 unspecified atom stereocenters. The minimum Gasteiger partial charge on any atom is -0.508 e. The first kappa shape index (κ1) is 8.77. The van der Waals surface area contributed by atoms with Crippen molar-refractivity contribution in [1.29, 1.82) is 0 Å². The minimum absolute atomic E-state index is 0.190. The Morgan fingerprint density at radius 2 is 2.29 bits per heavy atom. The zero-order valence-electron chi connectivity index (χ0n) is 7.47. The second-order valence-corrected chi connectivity index (χ2v) is 2.90. The number of nitrogens with zero attached hydrogens (tertiary/aromatic N) is 1. The number of aromatic hydroxyl groups is 1. The minimum atomic E-state index is 0.190. The van der Waals surface area contributed by atoms with Crippen LogP contribution >= 0.6 is 0 Å². The van der Waals surface area contributed by atoms with E-state index in [4.69, 9.17) is 10.2 Å². The van der Waals surface area contributed by atoms with Gasteiger partial charge in [-0.25, -0.2) is 4.98 Å². The molecule has 1 aromatic carbocycles. The molecule has 0 atom stereocenters. The number of hydrogen-bond donors (Lipinski definition) is 2. The Morgan fingerprint density at radius 1 is 1.43 bits per heavy atom. The van der Waals surface area contributed by atoms with E-state index < -0.39 is 0 Å². The Hall–Kier alpha value is -1.81. The van der Waals surface area contributed by atoms with E-state index in [1.54, 1.807) is 18.2 Å². The number of benzene rings is 1. The number of phenolic OH excluding ortho intramolecular Hbond substituents is 1. The molecule has 72 valence electrons. The second kappa shape index (κ2) is 3.51. The van der Waals surface area contributed by atoms with Gasteiger partial charge in [0.1, 0.15) is 12.0 Å². The SMILES string of the molecule is NCc1coc(-c2cccc(O)c2)n1. The quantitative estimate of drug-likeness (QED) is 0.752. The fraction of sp³-hybridized carbons (Fsp3) is 0.100. The van der Waals surface area contributed by atoms with Gasteiger partial charge in [-0.2, -0.15) is 0 Å². The molecule has 2 rings (SSSR count). The van der Waals surface area contributed by atoms with Gasteiger partial charge in [0, 0.05) is 12.1 Å². The van der Waals surface area contributed by atoms with Crippen LogP contribution in [-0.2, 0) is 6.54 Å². The van der Waals surface area contributed by atoms with E-state index in [0.29, 0.717) is 18.1 Å². The van der Waals surface area contributed by atoms with Gasteiger partial charge in [-0.15, -0.1) is 0 Å². The van der Waals surface area contributed by atoms with Crippen molar-refractivity contribution in [2.45, 2.75) is 6.54 Å². The Bertz CT molecular complexity index is 437. The van der Waals surface area contributed by atoms with Gasteiger partial charge < -0.3 is 15.3 Å². The molecular formula is C10H10N2O2. The van der Waals surface area contributed by atoms with Gasteiger partial charge in [-0.05, 0) is 18.2 Å². The van der Waals surface area contributed by atoms with Gasteiger partial charge in [-0.1, -0.05) is 6.07 Å². The van der Waals surface area contributed by atoms with Crippen LogP contribution in [-0.4, -0.2) is 10.1 Å². The second-order valence-electron chi connectivity index (χ2n) is 2.90. The Labute approximate surface area is 81.0 Å². The molecule has 3 N–H and O–H groups in total. The molecular weight excluding hydrogens is 180 g/mol. The molecule has 0 aliphatic rings. The Balaban J connectivity index is 2.39. The van der Waals surface area contributed by atoms with Gasteiger partial charge in [0.05, 0.1) is 5.69 Å². The molecule has 4 heteroatoms. The molecule has 14 heavy (non-hydrogen) atoms. The van der Waals surface area contributed by atoms with Gasteiger partial charge in [-0.3, -0.25) is 0 Å². The van der Waals surface area contributed by atoms with Crippen molar-refractivity contribution in [3.05, 3.63) is 36.2 Å². The standard InChI is InChI=1S/C10H10N2O2/c11-5-8-6-14-10(12-8)7-2-1-3-9(13)4-7/h1-4,6,13H,5,11H2. The highest BCUT2D eigenvalue weighted by Crippen LogP contribution is 2.22. The van der Waals surface area contributed by atoms with Gasteiger partial charge >= 0.3 is 0 Å². The maximum Gasteiger partial charge on any atom is 0.226 e. The van der Waals surface area contributed by atoms with E-state index in [9.17, 15) is 5.11 Å².